The number of anilines is 3. The average molecular weight is 444 g/mol. The largest absolute Gasteiger partial charge is 0.416 e. The van der Waals surface area contributed by atoms with Gasteiger partial charge in [0, 0.05) is 5.69 Å². The summed E-state index contributed by atoms with van der Waals surface area (Å²) in [6.07, 6.45) is -4.52. The Morgan fingerprint density at radius 1 is 0.742 bits per heavy atom. The standard InChI is InChI=1S/C21H15F3N4O2S/c22-21(23,24)14-7-6-8-15(13-14)25-19-20(27-18-12-5-4-11-17(18)26-19)28-31(29,30)16-9-2-1-3-10-16/h1-13H,(H,25,26)(H,27,28). The molecule has 3 aromatic carbocycles. The van der Waals surface area contributed by atoms with Crippen molar-refractivity contribution in [3.8, 4) is 0 Å². The predicted molar refractivity (Wildman–Crippen MR) is 112 cm³/mol. The summed E-state index contributed by atoms with van der Waals surface area (Å²) in [5.41, 5.74) is 0.0970. The minimum absolute atomic E-state index is 0.00924. The highest BCUT2D eigenvalue weighted by atomic mass is 32.2. The van der Waals surface area contributed by atoms with Crippen molar-refractivity contribution >= 4 is 38.4 Å². The van der Waals surface area contributed by atoms with Gasteiger partial charge in [-0.25, -0.2) is 18.4 Å². The van der Waals surface area contributed by atoms with E-state index >= 15 is 0 Å². The number of nitrogens with zero attached hydrogens (tertiary/aromatic N) is 2. The summed E-state index contributed by atoms with van der Waals surface area (Å²) in [5, 5.41) is 2.75. The monoisotopic (exact) mass is 444 g/mol. The summed E-state index contributed by atoms with van der Waals surface area (Å²) in [5.74, 6) is -0.169. The van der Waals surface area contributed by atoms with Gasteiger partial charge in [-0.05, 0) is 42.5 Å². The Labute approximate surface area is 175 Å². The second kappa shape index (κ2) is 7.88. The zero-order chi connectivity index (χ0) is 22.1. The van der Waals surface area contributed by atoms with Gasteiger partial charge in [-0.1, -0.05) is 36.4 Å². The summed E-state index contributed by atoms with van der Waals surface area (Å²) in [6, 6.07) is 18.9. The van der Waals surface area contributed by atoms with Gasteiger partial charge in [0.05, 0.1) is 21.5 Å². The predicted octanol–water partition coefficient (Wildman–Crippen LogP) is 5.19. The molecule has 0 bridgehead atoms. The molecule has 0 radical (unpaired) electrons. The van der Waals surface area contributed by atoms with Crippen molar-refractivity contribution in [3.05, 3.63) is 84.4 Å². The second-order valence-electron chi connectivity index (χ2n) is 6.53. The molecular formula is C21H15F3N4O2S. The lowest BCUT2D eigenvalue weighted by molar-refractivity contribution is -0.137. The SMILES string of the molecule is O=S(=O)(Nc1nc2ccccc2nc1Nc1cccc(C(F)(F)F)c1)c1ccccc1. The van der Waals surface area contributed by atoms with Crippen LogP contribution in [0.4, 0.5) is 30.5 Å². The number of hydrogen-bond acceptors (Lipinski definition) is 5. The topological polar surface area (TPSA) is 84.0 Å². The third-order valence-electron chi connectivity index (χ3n) is 4.31. The highest BCUT2D eigenvalue weighted by Crippen LogP contribution is 2.32. The third-order valence-corrected chi connectivity index (χ3v) is 5.66. The van der Waals surface area contributed by atoms with E-state index in [9.17, 15) is 21.6 Å². The first-order valence-electron chi connectivity index (χ1n) is 9.01. The van der Waals surface area contributed by atoms with E-state index in [1.54, 1.807) is 42.5 Å². The van der Waals surface area contributed by atoms with Crippen molar-refractivity contribution in [2.24, 2.45) is 0 Å². The van der Waals surface area contributed by atoms with Crippen LogP contribution in [0.2, 0.25) is 0 Å². The van der Waals surface area contributed by atoms with E-state index in [4.69, 9.17) is 0 Å². The molecule has 1 aromatic heterocycles. The number of hydrogen-bond donors (Lipinski definition) is 2. The summed E-state index contributed by atoms with van der Waals surface area (Å²) in [7, 11) is -4.00. The van der Waals surface area contributed by atoms with Crippen molar-refractivity contribution in [3.63, 3.8) is 0 Å². The molecule has 4 rings (SSSR count). The Kier molecular flexibility index (Phi) is 5.24. The molecule has 0 aliphatic rings. The number of benzene rings is 3. The molecule has 0 saturated carbocycles. The molecule has 158 valence electrons. The van der Waals surface area contributed by atoms with Crippen LogP contribution in [-0.4, -0.2) is 18.4 Å². The van der Waals surface area contributed by atoms with Crippen LogP contribution in [0.15, 0.2) is 83.8 Å². The van der Waals surface area contributed by atoms with Crippen molar-refractivity contribution in [1.82, 2.24) is 9.97 Å². The summed E-state index contributed by atoms with van der Waals surface area (Å²) in [4.78, 5) is 8.68. The lowest BCUT2D eigenvalue weighted by atomic mass is 10.2. The van der Waals surface area contributed by atoms with E-state index in [1.807, 2.05) is 0 Å². The fraction of sp³-hybridized carbons (Fsp3) is 0.0476. The van der Waals surface area contributed by atoms with Crippen LogP contribution in [0.5, 0.6) is 0 Å². The smallest absolute Gasteiger partial charge is 0.337 e. The highest BCUT2D eigenvalue weighted by Gasteiger charge is 2.30. The Morgan fingerprint density at radius 2 is 1.35 bits per heavy atom. The molecular weight excluding hydrogens is 429 g/mol. The Morgan fingerprint density at radius 3 is 2.00 bits per heavy atom. The van der Waals surface area contributed by atoms with Gasteiger partial charge in [0.25, 0.3) is 10.0 Å². The lowest BCUT2D eigenvalue weighted by Crippen LogP contribution is -2.16. The minimum atomic E-state index is -4.52. The Bertz CT molecular complexity index is 1340. The van der Waals surface area contributed by atoms with Crippen molar-refractivity contribution in [2.75, 3.05) is 10.0 Å². The van der Waals surface area contributed by atoms with Crippen molar-refractivity contribution in [2.45, 2.75) is 11.1 Å². The average Bonchev–Trinajstić information content (AvgIpc) is 2.74. The molecule has 0 spiro atoms. The molecule has 0 atom stereocenters. The van der Waals surface area contributed by atoms with Gasteiger partial charge in [-0.3, -0.25) is 4.72 Å². The number of fused-ring (bicyclic) bond motifs is 1. The summed E-state index contributed by atoms with van der Waals surface area (Å²) >= 11 is 0. The minimum Gasteiger partial charge on any atom is -0.337 e. The van der Waals surface area contributed by atoms with Crippen LogP contribution in [0.3, 0.4) is 0 Å². The molecule has 10 heteroatoms. The first-order chi connectivity index (χ1) is 14.7. The van der Waals surface area contributed by atoms with Crippen molar-refractivity contribution < 1.29 is 21.6 Å². The van der Waals surface area contributed by atoms with E-state index < -0.39 is 21.8 Å². The van der Waals surface area contributed by atoms with Crippen molar-refractivity contribution in [1.29, 1.82) is 0 Å². The molecule has 2 N–H and O–H groups in total. The molecule has 31 heavy (non-hydrogen) atoms. The lowest BCUT2D eigenvalue weighted by Gasteiger charge is -2.15. The van der Waals surface area contributed by atoms with E-state index in [2.05, 4.69) is 20.0 Å². The van der Waals surface area contributed by atoms with E-state index in [1.165, 1.54) is 24.3 Å². The highest BCUT2D eigenvalue weighted by molar-refractivity contribution is 7.92. The summed E-state index contributed by atoms with van der Waals surface area (Å²) < 4.78 is 67.1. The van der Waals surface area contributed by atoms with E-state index in [0.717, 1.165) is 12.1 Å². The number of nitrogens with one attached hydrogen (secondary N) is 2. The van der Waals surface area contributed by atoms with Crippen LogP contribution in [0.1, 0.15) is 5.56 Å². The maximum atomic E-state index is 13.1. The number of alkyl halides is 3. The first-order valence-corrected chi connectivity index (χ1v) is 10.5. The van der Waals surface area contributed by atoms with Gasteiger partial charge in [0.1, 0.15) is 0 Å². The molecule has 0 saturated heterocycles. The molecule has 0 amide bonds. The fourth-order valence-electron chi connectivity index (χ4n) is 2.85. The molecule has 0 aliphatic carbocycles. The molecule has 1 heterocycles. The zero-order valence-corrected chi connectivity index (χ0v) is 16.6. The number of aromatic nitrogens is 2. The molecule has 6 nitrogen and oxygen atoms in total. The molecule has 4 aromatic rings. The van der Waals surface area contributed by atoms with Gasteiger partial charge < -0.3 is 5.32 Å². The summed E-state index contributed by atoms with van der Waals surface area (Å²) in [6.45, 7) is 0. The van der Waals surface area contributed by atoms with Gasteiger partial charge in [-0.15, -0.1) is 0 Å². The van der Waals surface area contributed by atoms with Gasteiger partial charge in [-0.2, -0.15) is 13.2 Å². The van der Waals surface area contributed by atoms with Crippen LogP contribution < -0.4 is 10.0 Å². The van der Waals surface area contributed by atoms with E-state index in [-0.39, 0.29) is 22.2 Å². The number of halogens is 3. The molecule has 0 aliphatic heterocycles. The Balaban J connectivity index is 1.78. The fourth-order valence-corrected chi connectivity index (χ4v) is 3.88. The molecule has 0 fully saturated rings. The third kappa shape index (κ3) is 4.58. The van der Waals surface area contributed by atoms with Gasteiger partial charge in [0.2, 0.25) is 0 Å². The van der Waals surface area contributed by atoms with Gasteiger partial charge >= 0.3 is 6.18 Å². The maximum absolute atomic E-state index is 13.1. The normalized spacial score (nSPS) is 12.0. The number of rotatable bonds is 5. The van der Waals surface area contributed by atoms with Gasteiger partial charge in [0.15, 0.2) is 11.6 Å². The number of sulfonamides is 1. The quantitative estimate of drug-likeness (QED) is 0.442. The zero-order valence-electron chi connectivity index (χ0n) is 15.8. The first kappa shape index (κ1) is 20.6. The number of para-hydroxylation sites is 2. The van der Waals surface area contributed by atoms with Crippen LogP contribution >= 0.6 is 0 Å². The Hall–Kier alpha value is -3.66. The second-order valence-corrected chi connectivity index (χ2v) is 8.21. The van der Waals surface area contributed by atoms with Crippen LogP contribution in [0.25, 0.3) is 11.0 Å². The molecule has 0 unspecified atom stereocenters. The van der Waals surface area contributed by atoms with E-state index in [0.29, 0.717) is 11.0 Å². The maximum Gasteiger partial charge on any atom is 0.416 e. The van der Waals surface area contributed by atoms with Crippen LogP contribution in [0, 0.1) is 0 Å². The van der Waals surface area contributed by atoms with Crippen LogP contribution in [-0.2, 0) is 16.2 Å².